The van der Waals surface area contributed by atoms with Crippen molar-refractivity contribution in [3.63, 3.8) is 0 Å². The van der Waals surface area contributed by atoms with E-state index in [1.807, 2.05) is 0 Å². The number of ether oxygens (including phenoxy) is 3. The molecule has 5 heteroatoms. The summed E-state index contributed by atoms with van der Waals surface area (Å²) in [5.74, 6) is -0.427. The molecule has 0 saturated carbocycles. The second-order valence-corrected chi connectivity index (χ2v) is 17.4. The minimum atomic E-state index is -0.555. The summed E-state index contributed by atoms with van der Waals surface area (Å²) >= 11 is 0. The second-order valence-electron chi connectivity index (χ2n) is 17.4. The third-order valence-electron chi connectivity index (χ3n) is 11.1. The van der Waals surface area contributed by atoms with Crippen LogP contribution in [-0.2, 0) is 23.8 Å². The summed E-state index contributed by atoms with van der Waals surface area (Å²) in [5, 5.41) is 0. The van der Waals surface area contributed by atoms with Crippen LogP contribution in [0.3, 0.4) is 0 Å². The van der Waals surface area contributed by atoms with Gasteiger partial charge in [-0.1, -0.05) is 214 Å². The van der Waals surface area contributed by atoms with Gasteiger partial charge in [0.25, 0.3) is 0 Å². The molecule has 0 aliphatic carbocycles. The number of allylic oxidation sites excluding steroid dienone is 16. The summed E-state index contributed by atoms with van der Waals surface area (Å²) in [6.07, 6.45) is 72.8. The first-order valence-electron chi connectivity index (χ1n) is 26.8. The van der Waals surface area contributed by atoms with Crippen LogP contribution in [0.2, 0.25) is 0 Å². The largest absolute Gasteiger partial charge is 0.462 e. The van der Waals surface area contributed by atoms with Gasteiger partial charge in [0, 0.05) is 19.4 Å². The average molecular weight is 889 g/mol. The number of hydrogen-bond donors (Lipinski definition) is 0. The van der Waals surface area contributed by atoms with Crippen molar-refractivity contribution in [3.05, 3.63) is 97.2 Å². The molecule has 1 unspecified atom stereocenters. The predicted molar refractivity (Wildman–Crippen MR) is 279 cm³/mol. The van der Waals surface area contributed by atoms with Crippen LogP contribution in [0.1, 0.15) is 239 Å². The van der Waals surface area contributed by atoms with E-state index in [0.717, 1.165) is 109 Å². The van der Waals surface area contributed by atoms with E-state index in [0.29, 0.717) is 19.4 Å². The molecule has 0 radical (unpaired) electrons. The molecule has 0 aliphatic heterocycles. The van der Waals surface area contributed by atoms with Gasteiger partial charge in [-0.3, -0.25) is 9.59 Å². The van der Waals surface area contributed by atoms with E-state index < -0.39 is 6.10 Å². The zero-order chi connectivity index (χ0) is 46.3. The molecule has 0 heterocycles. The summed E-state index contributed by atoms with van der Waals surface area (Å²) in [7, 11) is 0. The molecule has 0 amide bonds. The Labute approximate surface area is 396 Å². The Morgan fingerprint density at radius 2 is 0.703 bits per heavy atom. The third kappa shape index (κ3) is 51.5. The Morgan fingerprint density at radius 3 is 1.14 bits per heavy atom. The molecule has 64 heavy (non-hydrogen) atoms. The molecule has 5 nitrogen and oxygen atoms in total. The lowest BCUT2D eigenvalue weighted by molar-refractivity contribution is -0.163. The molecule has 0 aromatic rings. The predicted octanol–water partition coefficient (Wildman–Crippen LogP) is 18.2. The summed E-state index contributed by atoms with van der Waals surface area (Å²) < 4.78 is 17.4. The zero-order valence-electron chi connectivity index (χ0n) is 42.0. The lowest BCUT2D eigenvalue weighted by Crippen LogP contribution is -2.30. The van der Waals surface area contributed by atoms with Crippen molar-refractivity contribution >= 4 is 11.9 Å². The summed E-state index contributed by atoms with van der Waals surface area (Å²) in [6, 6.07) is 0. The van der Waals surface area contributed by atoms with Crippen LogP contribution in [-0.4, -0.2) is 37.9 Å². The van der Waals surface area contributed by atoms with Crippen molar-refractivity contribution < 1.29 is 23.8 Å². The van der Waals surface area contributed by atoms with Gasteiger partial charge in [0.2, 0.25) is 0 Å². The van der Waals surface area contributed by atoms with E-state index in [1.54, 1.807) is 0 Å². The Balaban J connectivity index is 4.27. The molecule has 0 saturated heterocycles. The van der Waals surface area contributed by atoms with E-state index in [4.69, 9.17) is 14.2 Å². The fourth-order valence-corrected chi connectivity index (χ4v) is 7.14. The maximum Gasteiger partial charge on any atom is 0.306 e. The van der Waals surface area contributed by atoms with Crippen molar-refractivity contribution in [3.8, 4) is 0 Å². The monoisotopic (exact) mass is 889 g/mol. The van der Waals surface area contributed by atoms with Gasteiger partial charge in [-0.15, -0.1) is 0 Å². The molecule has 1 atom stereocenters. The van der Waals surface area contributed by atoms with Gasteiger partial charge in [-0.25, -0.2) is 0 Å². The zero-order valence-corrected chi connectivity index (χ0v) is 42.0. The maximum atomic E-state index is 12.8. The summed E-state index contributed by atoms with van der Waals surface area (Å²) in [5.41, 5.74) is 0. The summed E-state index contributed by atoms with van der Waals surface area (Å²) in [6.45, 7) is 7.53. The quantitative estimate of drug-likeness (QED) is 0.0346. The van der Waals surface area contributed by atoms with Gasteiger partial charge < -0.3 is 14.2 Å². The highest BCUT2D eigenvalue weighted by Gasteiger charge is 2.17. The third-order valence-corrected chi connectivity index (χ3v) is 11.1. The van der Waals surface area contributed by atoms with Gasteiger partial charge in [0.05, 0.1) is 6.61 Å². The topological polar surface area (TPSA) is 61.8 Å². The minimum Gasteiger partial charge on any atom is -0.462 e. The minimum absolute atomic E-state index is 0.0678. The fourth-order valence-electron chi connectivity index (χ4n) is 7.14. The first-order chi connectivity index (χ1) is 31.6. The maximum absolute atomic E-state index is 12.8. The highest BCUT2D eigenvalue weighted by molar-refractivity contribution is 5.70. The van der Waals surface area contributed by atoms with Crippen molar-refractivity contribution in [2.24, 2.45) is 0 Å². The van der Waals surface area contributed by atoms with Crippen LogP contribution in [0, 0.1) is 0 Å². The lowest BCUT2D eigenvalue weighted by Gasteiger charge is -2.18. The van der Waals surface area contributed by atoms with Gasteiger partial charge in [-0.2, -0.15) is 0 Å². The van der Waals surface area contributed by atoms with Crippen LogP contribution in [0.4, 0.5) is 0 Å². The van der Waals surface area contributed by atoms with Crippen molar-refractivity contribution in [2.75, 3.05) is 19.8 Å². The van der Waals surface area contributed by atoms with Crippen LogP contribution < -0.4 is 0 Å². The Hall–Kier alpha value is -3.18. The van der Waals surface area contributed by atoms with Crippen LogP contribution >= 0.6 is 0 Å². The molecule has 0 fully saturated rings. The number of hydrogen-bond acceptors (Lipinski definition) is 5. The molecule has 0 rings (SSSR count). The highest BCUT2D eigenvalue weighted by Crippen LogP contribution is 2.14. The number of esters is 2. The molecule has 0 aromatic carbocycles. The van der Waals surface area contributed by atoms with E-state index in [2.05, 4.69) is 118 Å². The van der Waals surface area contributed by atoms with Gasteiger partial charge in [-0.05, 0) is 109 Å². The number of unbranched alkanes of at least 4 members (excludes halogenated alkanes) is 21. The SMILES string of the molecule is CC/C=C\C/C=C\C/C=C\C/C=C\CCCCCCCCCOCC(COC(=O)CCCCCCCCC/C=C\C/C=C\C/C=C\CC)OC(=O)CCCCCCC/C=C\CCCC. The van der Waals surface area contributed by atoms with Crippen LogP contribution in [0.5, 0.6) is 0 Å². The Morgan fingerprint density at radius 1 is 0.359 bits per heavy atom. The van der Waals surface area contributed by atoms with Crippen LogP contribution in [0.15, 0.2) is 97.2 Å². The van der Waals surface area contributed by atoms with E-state index in [1.165, 1.54) is 96.3 Å². The molecular formula is C59H100O5. The first-order valence-corrected chi connectivity index (χ1v) is 26.8. The van der Waals surface area contributed by atoms with Crippen LogP contribution in [0.25, 0.3) is 0 Å². The molecule has 0 aliphatic rings. The average Bonchev–Trinajstić information content (AvgIpc) is 3.30. The number of carbonyl (C=O) groups excluding carboxylic acids is 2. The number of carbonyl (C=O) groups is 2. The normalized spacial score (nSPS) is 13.0. The second kappa shape index (κ2) is 54.2. The van der Waals surface area contributed by atoms with Crippen molar-refractivity contribution in [1.82, 2.24) is 0 Å². The molecule has 0 spiro atoms. The first kappa shape index (κ1) is 60.8. The van der Waals surface area contributed by atoms with Gasteiger partial charge >= 0.3 is 11.9 Å². The molecular weight excluding hydrogens is 789 g/mol. The number of rotatable bonds is 48. The lowest BCUT2D eigenvalue weighted by atomic mass is 10.1. The van der Waals surface area contributed by atoms with E-state index in [9.17, 15) is 9.59 Å². The molecule has 366 valence electrons. The fraction of sp³-hybridized carbons (Fsp3) is 0.695. The standard InChI is InChI=1S/C59H100O5/c1-4-7-10-13-16-19-22-24-26-28-29-30-32-34-36-39-42-45-48-51-54-62-55-57(64-59(61)53-50-47-44-41-37-21-18-15-12-9-6-3)56-63-58(60)52-49-46-43-40-38-35-33-31-27-25-23-20-17-14-11-8-5-2/h7-8,10-11,15-20,24-27,29-30,57H,4-6,9,12-14,21-23,28,31-56H2,1-3H3/b10-7-,11-8-,18-15-,19-16-,20-17-,26-24-,27-25-,30-29-. The molecule has 0 aromatic heterocycles. The van der Waals surface area contributed by atoms with Crippen molar-refractivity contribution in [1.29, 1.82) is 0 Å². The van der Waals surface area contributed by atoms with Gasteiger partial charge in [0.15, 0.2) is 6.10 Å². The Kier molecular flexibility index (Phi) is 51.5. The summed E-state index contributed by atoms with van der Waals surface area (Å²) in [4.78, 5) is 25.4. The highest BCUT2D eigenvalue weighted by atomic mass is 16.6. The molecule has 0 N–H and O–H groups in total. The molecule has 0 bridgehead atoms. The van der Waals surface area contributed by atoms with Crippen molar-refractivity contribution in [2.45, 2.75) is 245 Å². The Bertz CT molecular complexity index is 1230. The van der Waals surface area contributed by atoms with Gasteiger partial charge in [0.1, 0.15) is 6.61 Å². The van der Waals surface area contributed by atoms with E-state index >= 15 is 0 Å². The van der Waals surface area contributed by atoms with E-state index in [-0.39, 0.29) is 25.2 Å². The smallest absolute Gasteiger partial charge is 0.306 e.